The maximum atomic E-state index is 13.5. The number of halogens is 2. The Morgan fingerprint density at radius 3 is 2.75 bits per heavy atom. The number of rotatable bonds is 5. The van der Waals surface area contributed by atoms with Crippen LogP contribution in [0.1, 0.15) is 19.4 Å². The van der Waals surface area contributed by atoms with E-state index in [0.717, 1.165) is 0 Å². The zero-order chi connectivity index (χ0) is 12.1. The van der Waals surface area contributed by atoms with E-state index in [0.29, 0.717) is 5.56 Å². The molecule has 1 rings (SSSR count). The van der Waals surface area contributed by atoms with Gasteiger partial charge in [-0.2, -0.15) is 0 Å². The van der Waals surface area contributed by atoms with E-state index >= 15 is 0 Å². The van der Waals surface area contributed by atoms with Crippen LogP contribution in [0.4, 0.5) is 4.39 Å². The molecule has 0 radical (unpaired) electrons. The molecule has 0 aliphatic carbocycles. The van der Waals surface area contributed by atoms with Crippen molar-refractivity contribution in [3.8, 4) is 0 Å². The lowest BCUT2D eigenvalue weighted by atomic mass is 10.1. The Bertz CT molecular complexity index is 342. The van der Waals surface area contributed by atoms with Gasteiger partial charge in [0.05, 0.1) is 23.8 Å². The second kappa shape index (κ2) is 6.18. The number of hydrogen-bond acceptors (Lipinski definition) is 2. The number of aliphatic hydroxyl groups excluding tert-OH is 1. The van der Waals surface area contributed by atoms with Crippen molar-refractivity contribution in [1.82, 2.24) is 0 Å². The van der Waals surface area contributed by atoms with E-state index in [-0.39, 0.29) is 24.2 Å². The van der Waals surface area contributed by atoms with Crippen LogP contribution in [0.5, 0.6) is 0 Å². The van der Waals surface area contributed by atoms with Crippen molar-refractivity contribution in [1.29, 1.82) is 0 Å². The first-order chi connectivity index (χ1) is 7.50. The van der Waals surface area contributed by atoms with Crippen LogP contribution in [0.3, 0.4) is 0 Å². The van der Waals surface area contributed by atoms with Gasteiger partial charge in [-0.3, -0.25) is 0 Å². The summed E-state index contributed by atoms with van der Waals surface area (Å²) in [5.41, 5.74) is 0.410. The Labute approximate surface area is 100.0 Å². The topological polar surface area (TPSA) is 29.5 Å². The number of aliphatic hydroxyl groups is 1. The Morgan fingerprint density at radius 2 is 2.12 bits per heavy atom. The molecule has 0 amide bonds. The van der Waals surface area contributed by atoms with Crippen molar-refractivity contribution in [3.05, 3.63) is 34.6 Å². The lowest BCUT2D eigenvalue weighted by molar-refractivity contribution is 0.00593. The molecule has 1 unspecified atom stereocenters. The van der Waals surface area contributed by atoms with Crippen LogP contribution in [0, 0.1) is 5.82 Å². The second-order valence-corrected chi connectivity index (χ2v) is 4.36. The fourth-order valence-electron chi connectivity index (χ4n) is 1.32. The summed E-state index contributed by atoms with van der Waals surface area (Å²) in [6, 6.07) is 4.76. The standard InChI is InChI=1S/C12H16ClFO2/c1-8(2)16-7-10(15)6-9-4-3-5-11(13)12(9)14/h3-5,8,10,15H,6-7H2,1-2H3. The molecule has 90 valence electrons. The lowest BCUT2D eigenvalue weighted by Gasteiger charge is -2.14. The van der Waals surface area contributed by atoms with Crippen molar-refractivity contribution < 1.29 is 14.2 Å². The van der Waals surface area contributed by atoms with Crippen LogP contribution >= 0.6 is 11.6 Å². The minimum atomic E-state index is -0.713. The minimum Gasteiger partial charge on any atom is -0.390 e. The molecule has 16 heavy (non-hydrogen) atoms. The zero-order valence-electron chi connectivity index (χ0n) is 9.41. The van der Waals surface area contributed by atoms with Crippen LogP contribution in [0.2, 0.25) is 5.02 Å². The predicted molar refractivity (Wildman–Crippen MR) is 62.2 cm³/mol. The summed E-state index contributed by atoms with van der Waals surface area (Å²) >= 11 is 5.64. The van der Waals surface area contributed by atoms with Crippen molar-refractivity contribution in [2.24, 2.45) is 0 Å². The van der Waals surface area contributed by atoms with E-state index in [1.165, 1.54) is 6.07 Å². The van der Waals surface area contributed by atoms with Gasteiger partial charge in [-0.15, -0.1) is 0 Å². The maximum Gasteiger partial charge on any atom is 0.145 e. The van der Waals surface area contributed by atoms with Crippen LogP contribution < -0.4 is 0 Å². The monoisotopic (exact) mass is 246 g/mol. The fourth-order valence-corrected chi connectivity index (χ4v) is 1.52. The second-order valence-electron chi connectivity index (χ2n) is 3.95. The van der Waals surface area contributed by atoms with E-state index in [9.17, 15) is 9.50 Å². The summed E-state index contributed by atoms with van der Waals surface area (Å²) < 4.78 is 18.7. The molecule has 1 aromatic rings. The van der Waals surface area contributed by atoms with Gasteiger partial charge in [0, 0.05) is 6.42 Å². The third kappa shape index (κ3) is 4.08. The SMILES string of the molecule is CC(C)OCC(O)Cc1cccc(Cl)c1F. The molecule has 1 aromatic carbocycles. The van der Waals surface area contributed by atoms with E-state index in [4.69, 9.17) is 16.3 Å². The highest BCUT2D eigenvalue weighted by molar-refractivity contribution is 6.30. The quantitative estimate of drug-likeness (QED) is 0.866. The predicted octanol–water partition coefficient (Wildman–Crippen LogP) is 2.81. The smallest absolute Gasteiger partial charge is 0.145 e. The molecule has 0 aliphatic heterocycles. The summed E-state index contributed by atoms with van der Waals surface area (Å²) in [6.45, 7) is 3.96. The summed E-state index contributed by atoms with van der Waals surface area (Å²) in [6.07, 6.45) is -0.451. The molecule has 0 saturated heterocycles. The van der Waals surface area contributed by atoms with Crippen LogP contribution in [-0.4, -0.2) is 23.9 Å². The first-order valence-corrected chi connectivity index (χ1v) is 5.61. The van der Waals surface area contributed by atoms with Gasteiger partial charge in [-0.05, 0) is 25.5 Å². The van der Waals surface area contributed by atoms with E-state index < -0.39 is 11.9 Å². The number of benzene rings is 1. The average Bonchev–Trinajstić information content (AvgIpc) is 2.22. The van der Waals surface area contributed by atoms with Crippen molar-refractivity contribution in [3.63, 3.8) is 0 Å². The van der Waals surface area contributed by atoms with Gasteiger partial charge in [-0.25, -0.2) is 4.39 Å². The van der Waals surface area contributed by atoms with Crippen LogP contribution in [-0.2, 0) is 11.2 Å². The third-order valence-corrected chi connectivity index (χ3v) is 2.40. The zero-order valence-corrected chi connectivity index (χ0v) is 10.2. The molecule has 0 heterocycles. The Balaban J connectivity index is 2.56. The van der Waals surface area contributed by atoms with E-state index in [1.54, 1.807) is 12.1 Å². The highest BCUT2D eigenvalue weighted by Crippen LogP contribution is 2.19. The van der Waals surface area contributed by atoms with Crippen molar-refractivity contribution in [2.45, 2.75) is 32.5 Å². The molecule has 0 spiro atoms. The first-order valence-electron chi connectivity index (χ1n) is 5.23. The molecule has 0 aromatic heterocycles. The minimum absolute atomic E-state index is 0.0545. The van der Waals surface area contributed by atoms with E-state index in [2.05, 4.69) is 0 Å². The highest BCUT2D eigenvalue weighted by atomic mass is 35.5. The van der Waals surface area contributed by atoms with Gasteiger partial charge >= 0.3 is 0 Å². The van der Waals surface area contributed by atoms with Crippen LogP contribution in [0.25, 0.3) is 0 Å². The van der Waals surface area contributed by atoms with Crippen molar-refractivity contribution in [2.75, 3.05) is 6.61 Å². The van der Waals surface area contributed by atoms with Gasteiger partial charge in [-0.1, -0.05) is 23.7 Å². The normalized spacial score (nSPS) is 13.1. The van der Waals surface area contributed by atoms with Gasteiger partial charge in [0.15, 0.2) is 0 Å². The molecule has 0 bridgehead atoms. The van der Waals surface area contributed by atoms with Gasteiger partial charge < -0.3 is 9.84 Å². The van der Waals surface area contributed by atoms with Crippen LogP contribution in [0.15, 0.2) is 18.2 Å². The molecular weight excluding hydrogens is 231 g/mol. The highest BCUT2D eigenvalue weighted by Gasteiger charge is 2.12. The van der Waals surface area contributed by atoms with Crippen molar-refractivity contribution >= 4 is 11.6 Å². The summed E-state index contributed by atoms with van der Waals surface area (Å²) in [4.78, 5) is 0. The van der Waals surface area contributed by atoms with Gasteiger partial charge in [0.1, 0.15) is 5.82 Å². The maximum absolute atomic E-state index is 13.5. The van der Waals surface area contributed by atoms with Gasteiger partial charge in [0.2, 0.25) is 0 Å². The lowest BCUT2D eigenvalue weighted by Crippen LogP contribution is -2.21. The molecular formula is C12H16ClFO2. The average molecular weight is 247 g/mol. The number of ether oxygens (including phenoxy) is 1. The molecule has 1 N–H and O–H groups in total. The summed E-state index contributed by atoms with van der Waals surface area (Å²) in [5.74, 6) is -0.465. The third-order valence-electron chi connectivity index (χ3n) is 2.11. The van der Waals surface area contributed by atoms with E-state index in [1.807, 2.05) is 13.8 Å². The number of hydrogen-bond donors (Lipinski definition) is 1. The first kappa shape index (κ1) is 13.4. The Morgan fingerprint density at radius 1 is 1.44 bits per heavy atom. The fraction of sp³-hybridized carbons (Fsp3) is 0.500. The molecule has 1 atom stereocenters. The summed E-state index contributed by atoms with van der Waals surface area (Å²) in [5, 5.41) is 9.71. The molecule has 0 fully saturated rings. The molecule has 0 aliphatic rings. The molecule has 4 heteroatoms. The largest absolute Gasteiger partial charge is 0.390 e. The molecule has 0 saturated carbocycles. The summed E-state index contributed by atoms with van der Waals surface area (Å²) in [7, 11) is 0. The van der Waals surface area contributed by atoms with Gasteiger partial charge in [0.25, 0.3) is 0 Å². The Hall–Kier alpha value is -0.640. The molecule has 2 nitrogen and oxygen atoms in total. The Kier molecular flexibility index (Phi) is 5.19.